The van der Waals surface area contributed by atoms with Crippen molar-refractivity contribution < 1.29 is 4.39 Å². The third-order valence-electron chi connectivity index (χ3n) is 3.56. The summed E-state index contributed by atoms with van der Waals surface area (Å²) in [6.07, 6.45) is 0.820. The molecule has 0 aliphatic heterocycles. The summed E-state index contributed by atoms with van der Waals surface area (Å²) in [6, 6.07) is 8.71. The summed E-state index contributed by atoms with van der Waals surface area (Å²) < 4.78 is 14.1. The lowest BCUT2D eigenvalue weighted by Crippen LogP contribution is -2.42. The second kappa shape index (κ2) is 5.73. The molecule has 1 aromatic heterocycles. The lowest BCUT2D eigenvalue weighted by atomic mass is 9.76. The van der Waals surface area contributed by atoms with Crippen LogP contribution >= 0.6 is 27.3 Å². The van der Waals surface area contributed by atoms with Crippen molar-refractivity contribution >= 4 is 27.3 Å². The van der Waals surface area contributed by atoms with Crippen molar-refractivity contribution in [1.29, 1.82) is 0 Å². The first-order valence-electron chi connectivity index (χ1n) is 6.14. The number of hydrogen-bond donors (Lipinski definition) is 1. The van der Waals surface area contributed by atoms with Crippen LogP contribution in [-0.2, 0) is 11.8 Å². The Morgan fingerprint density at radius 2 is 1.95 bits per heavy atom. The van der Waals surface area contributed by atoms with Crippen LogP contribution in [0.1, 0.15) is 24.3 Å². The maximum absolute atomic E-state index is 13.0. The van der Waals surface area contributed by atoms with E-state index in [9.17, 15) is 4.39 Å². The SMILES string of the molecule is CC(C)(c1ccc(F)cc1)C(N)Cc1cc(Br)cs1. The molecule has 19 heavy (non-hydrogen) atoms. The van der Waals surface area contributed by atoms with Crippen LogP contribution in [-0.4, -0.2) is 6.04 Å². The van der Waals surface area contributed by atoms with Gasteiger partial charge < -0.3 is 5.73 Å². The Morgan fingerprint density at radius 3 is 2.47 bits per heavy atom. The first-order valence-corrected chi connectivity index (χ1v) is 7.81. The van der Waals surface area contributed by atoms with Crippen molar-refractivity contribution in [2.75, 3.05) is 0 Å². The fraction of sp³-hybridized carbons (Fsp3) is 0.333. The molecule has 0 saturated carbocycles. The summed E-state index contributed by atoms with van der Waals surface area (Å²) >= 11 is 5.16. The van der Waals surface area contributed by atoms with E-state index in [2.05, 4.69) is 41.2 Å². The van der Waals surface area contributed by atoms with Gasteiger partial charge >= 0.3 is 0 Å². The second-order valence-electron chi connectivity index (χ2n) is 5.27. The lowest BCUT2D eigenvalue weighted by Gasteiger charge is -2.32. The molecule has 2 N–H and O–H groups in total. The Morgan fingerprint density at radius 1 is 1.32 bits per heavy atom. The molecule has 0 radical (unpaired) electrons. The molecule has 4 heteroatoms. The minimum atomic E-state index is -0.213. The molecule has 2 aromatic rings. The van der Waals surface area contributed by atoms with Crippen molar-refractivity contribution in [3.63, 3.8) is 0 Å². The molecule has 0 aliphatic carbocycles. The Balaban J connectivity index is 2.16. The van der Waals surface area contributed by atoms with Crippen molar-refractivity contribution in [3.8, 4) is 0 Å². The highest BCUT2D eigenvalue weighted by atomic mass is 79.9. The monoisotopic (exact) mass is 341 g/mol. The van der Waals surface area contributed by atoms with Crippen LogP contribution in [0.5, 0.6) is 0 Å². The largest absolute Gasteiger partial charge is 0.327 e. The van der Waals surface area contributed by atoms with Gasteiger partial charge in [-0.05, 0) is 46.1 Å². The van der Waals surface area contributed by atoms with E-state index in [4.69, 9.17) is 5.73 Å². The molecule has 0 bridgehead atoms. The number of thiophene rings is 1. The molecule has 1 heterocycles. The van der Waals surface area contributed by atoms with E-state index in [1.807, 2.05) is 12.1 Å². The first-order chi connectivity index (χ1) is 8.89. The third-order valence-corrected chi connectivity index (χ3v) is 5.28. The molecule has 1 aromatic carbocycles. The molecule has 0 fully saturated rings. The highest BCUT2D eigenvalue weighted by Gasteiger charge is 2.28. The van der Waals surface area contributed by atoms with E-state index in [1.54, 1.807) is 11.3 Å². The topological polar surface area (TPSA) is 26.0 Å². The van der Waals surface area contributed by atoms with Gasteiger partial charge in [0.05, 0.1) is 0 Å². The predicted octanol–water partition coefficient (Wildman–Crippen LogP) is 4.50. The van der Waals surface area contributed by atoms with Crippen LogP contribution in [0.15, 0.2) is 40.2 Å². The molecule has 0 aliphatic rings. The average molecular weight is 342 g/mol. The second-order valence-corrected chi connectivity index (χ2v) is 7.18. The molecule has 0 spiro atoms. The molecule has 0 amide bonds. The Kier molecular flexibility index (Phi) is 4.43. The summed E-state index contributed by atoms with van der Waals surface area (Å²) in [5.41, 5.74) is 7.24. The van der Waals surface area contributed by atoms with Gasteiger partial charge in [0.25, 0.3) is 0 Å². The van der Waals surface area contributed by atoms with Gasteiger partial charge in [0.2, 0.25) is 0 Å². The molecule has 2 rings (SSSR count). The van der Waals surface area contributed by atoms with Crippen molar-refractivity contribution in [2.45, 2.75) is 31.7 Å². The molecular formula is C15H17BrFNS. The normalized spacial score (nSPS) is 13.5. The number of benzene rings is 1. The van der Waals surface area contributed by atoms with Crippen LogP contribution < -0.4 is 5.73 Å². The zero-order valence-electron chi connectivity index (χ0n) is 11.0. The molecule has 1 atom stereocenters. The Labute approximate surface area is 125 Å². The number of rotatable bonds is 4. The number of halogens is 2. The summed E-state index contributed by atoms with van der Waals surface area (Å²) in [6.45, 7) is 4.21. The average Bonchev–Trinajstić information content (AvgIpc) is 2.75. The van der Waals surface area contributed by atoms with Gasteiger partial charge in [-0.3, -0.25) is 0 Å². The van der Waals surface area contributed by atoms with E-state index in [-0.39, 0.29) is 17.3 Å². The molecule has 102 valence electrons. The van der Waals surface area contributed by atoms with Crippen molar-refractivity contribution in [2.24, 2.45) is 5.73 Å². The van der Waals surface area contributed by atoms with Gasteiger partial charge in [-0.25, -0.2) is 4.39 Å². The molecule has 1 unspecified atom stereocenters. The summed E-state index contributed by atoms with van der Waals surface area (Å²) in [5, 5.41) is 2.06. The van der Waals surface area contributed by atoms with E-state index in [1.165, 1.54) is 17.0 Å². The first kappa shape index (κ1) is 14.7. The standard InChI is InChI=1S/C15H17BrFNS/c1-15(2,10-3-5-12(17)6-4-10)14(18)8-13-7-11(16)9-19-13/h3-7,9,14H,8,18H2,1-2H3. The maximum Gasteiger partial charge on any atom is 0.123 e. The van der Waals surface area contributed by atoms with Crippen molar-refractivity contribution in [1.82, 2.24) is 0 Å². The number of hydrogen-bond acceptors (Lipinski definition) is 2. The van der Waals surface area contributed by atoms with Crippen molar-refractivity contribution in [3.05, 3.63) is 56.4 Å². The van der Waals surface area contributed by atoms with Gasteiger partial charge in [0, 0.05) is 26.2 Å². The van der Waals surface area contributed by atoms with E-state index in [0.717, 1.165) is 16.5 Å². The summed E-state index contributed by atoms with van der Waals surface area (Å²) in [5.74, 6) is -0.213. The lowest BCUT2D eigenvalue weighted by molar-refractivity contribution is 0.407. The maximum atomic E-state index is 13.0. The third kappa shape index (κ3) is 3.44. The fourth-order valence-electron chi connectivity index (χ4n) is 2.03. The van der Waals surface area contributed by atoms with E-state index in [0.29, 0.717) is 0 Å². The minimum Gasteiger partial charge on any atom is -0.327 e. The zero-order chi connectivity index (χ0) is 14.0. The van der Waals surface area contributed by atoms with Gasteiger partial charge in [-0.2, -0.15) is 0 Å². The van der Waals surface area contributed by atoms with Crippen LogP contribution in [0.4, 0.5) is 4.39 Å². The fourth-order valence-corrected chi connectivity index (χ4v) is 3.54. The van der Waals surface area contributed by atoms with Crippen LogP contribution in [0.3, 0.4) is 0 Å². The quantitative estimate of drug-likeness (QED) is 0.870. The highest BCUT2D eigenvalue weighted by Crippen LogP contribution is 2.30. The van der Waals surface area contributed by atoms with Gasteiger partial charge in [0.15, 0.2) is 0 Å². The summed E-state index contributed by atoms with van der Waals surface area (Å²) in [7, 11) is 0. The van der Waals surface area contributed by atoms with Crippen LogP contribution in [0.2, 0.25) is 0 Å². The Bertz CT molecular complexity index is 548. The molecule has 1 nitrogen and oxygen atoms in total. The zero-order valence-corrected chi connectivity index (χ0v) is 13.4. The van der Waals surface area contributed by atoms with Crippen LogP contribution in [0.25, 0.3) is 0 Å². The van der Waals surface area contributed by atoms with Crippen LogP contribution in [0, 0.1) is 5.82 Å². The Hall–Kier alpha value is -0.710. The van der Waals surface area contributed by atoms with E-state index >= 15 is 0 Å². The summed E-state index contributed by atoms with van der Waals surface area (Å²) in [4.78, 5) is 1.26. The minimum absolute atomic E-state index is 0.0106. The van der Waals surface area contributed by atoms with Gasteiger partial charge in [0.1, 0.15) is 5.82 Å². The van der Waals surface area contributed by atoms with Gasteiger partial charge in [-0.15, -0.1) is 11.3 Å². The molecule has 0 saturated heterocycles. The predicted molar refractivity (Wildman–Crippen MR) is 83.1 cm³/mol. The highest BCUT2D eigenvalue weighted by molar-refractivity contribution is 9.10. The van der Waals surface area contributed by atoms with E-state index < -0.39 is 0 Å². The number of nitrogens with two attached hydrogens (primary N) is 1. The smallest absolute Gasteiger partial charge is 0.123 e. The molecular weight excluding hydrogens is 325 g/mol. The van der Waals surface area contributed by atoms with Gasteiger partial charge in [-0.1, -0.05) is 26.0 Å².